The van der Waals surface area contributed by atoms with Crippen LogP contribution in [0.4, 0.5) is 30.2 Å². The summed E-state index contributed by atoms with van der Waals surface area (Å²) in [5, 5.41) is 3.35. The third-order valence-electron chi connectivity index (χ3n) is 3.11. The molecular weight excluding hydrogens is 279 g/mol. The third-order valence-corrected chi connectivity index (χ3v) is 3.11. The van der Waals surface area contributed by atoms with E-state index in [2.05, 4.69) is 10.3 Å². The fourth-order valence-corrected chi connectivity index (χ4v) is 2.05. The summed E-state index contributed by atoms with van der Waals surface area (Å²) >= 11 is 0. The first-order valence-electron chi connectivity index (χ1n) is 6.11. The van der Waals surface area contributed by atoms with Gasteiger partial charge in [-0.15, -0.1) is 0 Å². The Balaban J connectivity index is 2.06. The molecule has 0 aliphatic rings. The highest BCUT2D eigenvalue weighted by Crippen LogP contribution is 2.31. The van der Waals surface area contributed by atoms with Gasteiger partial charge in [0.1, 0.15) is 5.82 Å². The topological polar surface area (TPSA) is 50.9 Å². The van der Waals surface area contributed by atoms with Crippen LogP contribution >= 0.6 is 0 Å². The molecule has 0 saturated heterocycles. The van der Waals surface area contributed by atoms with Crippen molar-refractivity contribution in [2.24, 2.45) is 0 Å². The minimum absolute atomic E-state index is 0.191. The molecule has 3 aromatic rings. The van der Waals surface area contributed by atoms with E-state index in [4.69, 9.17) is 5.73 Å². The van der Waals surface area contributed by atoms with Gasteiger partial charge in [0, 0.05) is 23.7 Å². The van der Waals surface area contributed by atoms with Crippen LogP contribution < -0.4 is 11.1 Å². The Morgan fingerprint density at radius 1 is 0.905 bits per heavy atom. The predicted octanol–water partition coefficient (Wildman–Crippen LogP) is 3.98. The molecule has 1 aromatic heterocycles. The summed E-state index contributed by atoms with van der Waals surface area (Å²) in [6.07, 6.45) is 1.63. The molecule has 0 unspecified atom stereocenters. The summed E-state index contributed by atoms with van der Waals surface area (Å²) in [5.41, 5.74) is 7.23. The van der Waals surface area contributed by atoms with E-state index in [9.17, 15) is 13.2 Å². The smallest absolute Gasteiger partial charge is 0.161 e. The summed E-state index contributed by atoms with van der Waals surface area (Å²) in [6.45, 7) is 0. The standard InChI is InChI=1S/C15H10F3N3/c16-9-6-11(18)14(7-10(9)17)21-13-4-3-12-8(15(13)19)2-1-5-20-12/h1-7,21H,19H2. The third kappa shape index (κ3) is 2.35. The average molecular weight is 289 g/mol. The van der Waals surface area contributed by atoms with Gasteiger partial charge >= 0.3 is 0 Å². The highest BCUT2D eigenvalue weighted by Gasteiger charge is 2.12. The lowest BCUT2D eigenvalue weighted by Gasteiger charge is -2.12. The Hall–Kier alpha value is -2.76. The van der Waals surface area contributed by atoms with Crippen molar-refractivity contribution < 1.29 is 13.2 Å². The Morgan fingerprint density at radius 2 is 1.67 bits per heavy atom. The van der Waals surface area contributed by atoms with Gasteiger partial charge in [-0.05, 0) is 24.3 Å². The summed E-state index contributed by atoms with van der Waals surface area (Å²) in [6, 6.07) is 8.02. The van der Waals surface area contributed by atoms with Crippen LogP contribution in [-0.4, -0.2) is 4.98 Å². The SMILES string of the molecule is Nc1c(Nc2cc(F)c(F)cc2F)ccc2ncccc12. The quantitative estimate of drug-likeness (QED) is 0.554. The van der Waals surface area contributed by atoms with E-state index in [0.29, 0.717) is 28.3 Å². The zero-order chi connectivity index (χ0) is 15.0. The van der Waals surface area contributed by atoms with Crippen molar-refractivity contribution in [2.45, 2.75) is 0 Å². The lowest BCUT2D eigenvalue weighted by atomic mass is 10.1. The van der Waals surface area contributed by atoms with Crippen molar-refractivity contribution >= 4 is 28.0 Å². The first kappa shape index (κ1) is 13.2. The molecule has 0 bridgehead atoms. The van der Waals surface area contributed by atoms with Crippen LogP contribution in [-0.2, 0) is 0 Å². The lowest BCUT2D eigenvalue weighted by Crippen LogP contribution is -2.01. The summed E-state index contributed by atoms with van der Waals surface area (Å²) in [7, 11) is 0. The van der Waals surface area contributed by atoms with Crippen LogP contribution in [0.2, 0.25) is 0 Å². The molecule has 0 fully saturated rings. The molecule has 106 valence electrons. The molecule has 21 heavy (non-hydrogen) atoms. The van der Waals surface area contributed by atoms with Crippen molar-refractivity contribution in [2.75, 3.05) is 11.1 Å². The van der Waals surface area contributed by atoms with Crippen molar-refractivity contribution in [3.63, 3.8) is 0 Å². The van der Waals surface area contributed by atoms with Gasteiger partial charge in [0.25, 0.3) is 0 Å². The lowest BCUT2D eigenvalue weighted by molar-refractivity contribution is 0.496. The Labute approximate surface area is 118 Å². The molecule has 0 aliphatic carbocycles. The Bertz CT molecular complexity index is 834. The van der Waals surface area contributed by atoms with Gasteiger partial charge in [-0.1, -0.05) is 0 Å². The van der Waals surface area contributed by atoms with E-state index in [1.165, 1.54) is 0 Å². The molecule has 6 heteroatoms. The van der Waals surface area contributed by atoms with E-state index < -0.39 is 17.5 Å². The number of halogens is 3. The highest BCUT2D eigenvalue weighted by molar-refractivity contribution is 5.97. The van der Waals surface area contributed by atoms with E-state index in [1.54, 1.807) is 30.5 Å². The fourth-order valence-electron chi connectivity index (χ4n) is 2.05. The van der Waals surface area contributed by atoms with Crippen molar-refractivity contribution in [3.8, 4) is 0 Å². The van der Waals surface area contributed by atoms with Gasteiger partial charge in [-0.3, -0.25) is 4.98 Å². The van der Waals surface area contributed by atoms with Gasteiger partial charge < -0.3 is 11.1 Å². The Kier molecular flexibility index (Phi) is 3.13. The number of anilines is 3. The van der Waals surface area contributed by atoms with Gasteiger partial charge in [0.2, 0.25) is 0 Å². The minimum atomic E-state index is -1.24. The number of nitrogen functional groups attached to an aromatic ring is 1. The van der Waals surface area contributed by atoms with Gasteiger partial charge in [0.15, 0.2) is 11.6 Å². The normalized spacial score (nSPS) is 10.8. The monoisotopic (exact) mass is 289 g/mol. The summed E-state index contributed by atoms with van der Waals surface area (Å²) in [5.74, 6) is -3.28. The van der Waals surface area contributed by atoms with Crippen LogP contribution in [0.25, 0.3) is 10.9 Å². The van der Waals surface area contributed by atoms with Gasteiger partial charge in [0.05, 0.1) is 22.6 Å². The zero-order valence-electron chi connectivity index (χ0n) is 10.7. The number of nitrogens with zero attached hydrogens (tertiary/aromatic N) is 1. The molecule has 3 nitrogen and oxygen atoms in total. The summed E-state index contributed by atoms with van der Waals surface area (Å²) in [4.78, 5) is 4.14. The number of nitrogens with two attached hydrogens (primary N) is 1. The number of hydrogen-bond donors (Lipinski definition) is 2. The maximum absolute atomic E-state index is 13.6. The molecule has 0 atom stereocenters. The highest BCUT2D eigenvalue weighted by atomic mass is 19.2. The average Bonchev–Trinajstić information content (AvgIpc) is 2.48. The number of pyridine rings is 1. The van der Waals surface area contributed by atoms with Crippen molar-refractivity contribution in [1.29, 1.82) is 0 Å². The fraction of sp³-hybridized carbons (Fsp3) is 0. The summed E-state index contributed by atoms with van der Waals surface area (Å²) < 4.78 is 39.7. The van der Waals surface area contributed by atoms with Gasteiger partial charge in [-0.2, -0.15) is 0 Å². The largest absolute Gasteiger partial charge is 0.396 e. The first-order chi connectivity index (χ1) is 10.1. The minimum Gasteiger partial charge on any atom is -0.396 e. The second-order valence-corrected chi connectivity index (χ2v) is 4.47. The van der Waals surface area contributed by atoms with E-state index in [-0.39, 0.29) is 5.69 Å². The zero-order valence-corrected chi connectivity index (χ0v) is 10.7. The van der Waals surface area contributed by atoms with Crippen LogP contribution in [0.1, 0.15) is 0 Å². The van der Waals surface area contributed by atoms with E-state index >= 15 is 0 Å². The van der Waals surface area contributed by atoms with E-state index in [0.717, 1.165) is 6.07 Å². The maximum Gasteiger partial charge on any atom is 0.161 e. The van der Waals surface area contributed by atoms with Crippen LogP contribution in [0.5, 0.6) is 0 Å². The molecule has 3 rings (SSSR count). The van der Waals surface area contributed by atoms with Gasteiger partial charge in [-0.25, -0.2) is 13.2 Å². The first-order valence-corrected chi connectivity index (χ1v) is 6.11. The van der Waals surface area contributed by atoms with Crippen molar-refractivity contribution in [3.05, 3.63) is 60.0 Å². The predicted molar refractivity (Wildman–Crippen MR) is 75.8 cm³/mol. The number of nitrogens with one attached hydrogen (secondary N) is 1. The number of aromatic nitrogens is 1. The molecule has 0 saturated carbocycles. The second-order valence-electron chi connectivity index (χ2n) is 4.47. The molecule has 0 amide bonds. The molecule has 0 spiro atoms. The number of rotatable bonds is 2. The Morgan fingerprint density at radius 3 is 2.48 bits per heavy atom. The molecule has 0 aliphatic heterocycles. The number of benzene rings is 2. The van der Waals surface area contributed by atoms with Crippen molar-refractivity contribution in [1.82, 2.24) is 4.98 Å². The molecule has 0 radical (unpaired) electrons. The molecule has 1 heterocycles. The molecule has 3 N–H and O–H groups in total. The van der Waals surface area contributed by atoms with Crippen LogP contribution in [0, 0.1) is 17.5 Å². The molecule has 2 aromatic carbocycles. The van der Waals surface area contributed by atoms with Crippen LogP contribution in [0.15, 0.2) is 42.6 Å². The van der Waals surface area contributed by atoms with E-state index in [1.807, 2.05) is 0 Å². The number of hydrogen-bond acceptors (Lipinski definition) is 3. The van der Waals surface area contributed by atoms with Crippen LogP contribution in [0.3, 0.4) is 0 Å². The molecular formula is C15H10F3N3. The number of fused-ring (bicyclic) bond motifs is 1. The second kappa shape index (κ2) is 4.97. The maximum atomic E-state index is 13.6.